The number of rotatable bonds is 3. The maximum absolute atomic E-state index is 4.43. The van der Waals surface area contributed by atoms with Crippen LogP contribution in [0.2, 0.25) is 0 Å². The van der Waals surface area contributed by atoms with E-state index < -0.39 is 0 Å². The number of aromatic nitrogens is 3. The smallest absolute Gasteiger partial charge is 0.186 e. The van der Waals surface area contributed by atoms with Gasteiger partial charge in [0.15, 0.2) is 5.13 Å². The minimum atomic E-state index is 0.829. The van der Waals surface area contributed by atoms with Crippen molar-refractivity contribution in [1.82, 2.24) is 15.0 Å². The molecule has 17 heavy (non-hydrogen) atoms. The van der Waals surface area contributed by atoms with Crippen LogP contribution in [0.3, 0.4) is 0 Å². The SMILES string of the molecule is C(=Cc1nc2ccccc2[nH]1)Nc1nccs1. The molecule has 0 aliphatic carbocycles. The summed E-state index contributed by atoms with van der Waals surface area (Å²) >= 11 is 1.56. The lowest BCUT2D eigenvalue weighted by molar-refractivity contribution is 1.29. The molecule has 0 radical (unpaired) electrons. The fourth-order valence-corrected chi connectivity index (χ4v) is 2.05. The molecule has 0 fully saturated rings. The number of benzene rings is 1. The summed E-state index contributed by atoms with van der Waals surface area (Å²) in [5.41, 5.74) is 2.02. The van der Waals surface area contributed by atoms with E-state index >= 15 is 0 Å². The number of aromatic amines is 1. The van der Waals surface area contributed by atoms with Gasteiger partial charge in [-0.15, -0.1) is 11.3 Å². The number of hydrogen-bond acceptors (Lipinski definition) is 4. The summed E-state index contributed by atoms with van der Waals surface area (Å²) in [5, 5.41) is 5.88. The number of H-pyrrole nitrogens is 1. The van der Waals surface area contributed by atoms with Crippen molar-refractivity contribution in [2.75, 3.05) is 5.32 Å². The number of hydrogen-bond donors (Lipinski definition) is 2. The van der Waals surface area contributed by atoms with E-state index in [-0.39, 0.29) is 0 Å². The van der Waals surface area contributed by atoms with E-state index in [0.29, 0.717) is 0 Å². The maximum atomic E-state index is 4.43. The van der Waals surface area contributed by atoms with Crippen molar-refractivity contribution in [1.29, 1.82) is 0 Å². The number of nitrogens with one attached hydrogen (secondary N) is 2. The summed E-state index contributed by atoms with van der Waals surface area (Å²) in [6.07, 6.45) is 5.49. The molecule has 1 aromatic carbocycles. The molecule has 0 saturated carbocycles. The molecule has 3 rings (SSSR count). The zero-order chi connectivity index (χ0) is 11.5. The van der Waals surface area contributed by atoms with Crippen LogP contribution in [0.1, 0.15) is 5.82 Å². The molecule has 0 aliphatic heterocycles. The highest BCUT2D eigenvalue weighted by Crippen LogP contribution is 2.12. The van der Waals surface area contributed by atoms with Crippen LogP contribution in [0.4, 0.5) is 5.13 Å². The van der Waals surface area contributed by atoms with Gasteiger partial charge in [0, 0.05) is 17.8 Å². The predicted molar refractivity (Wildman–Crippen MR) is 70.9 cm³/mol. The third-order valence-corrected chi connectivity index (χ3v) is 2.99. The van der Waals surface area contributed by atoms with Crippen LogP contribution in [0.5, 0.6) is 0 Å². The quantitative estimate of drug-likeness (QED) is 0.742. The molecule has 3 aromatic rings. The zero-order valence-corrected chi connectivity index (χ0v) is 9.74. The molecule has 0 atom stereocenters. The molecule has 0 aliphatic rings. The molecule has 84 valence electrons. The van der Waals surface area contributed by atoms with Crippen LogP contribution in [0.15, 0.2) is 42.0 Å². The van der Waals surface area contributed by atoms with Gasteiger partial charge in [-0.3, -0.25) is 0 Å². The minimum absolute atomic E-state index is 0.829. The molecule has 4 nitrogen and oxygen atoms in total. The summed E-state index contributed by atoms with van der Waals surface area (Å²) < 4.78 is 0. The molecule has 0 spiro atoms. The van der Waals surface area contributed by atoms with Crippen molar-refractivity contribution >= 4 is 33.6 Å². The highest BCUT2D eigenvalue weighted by molar-refractivity contribution is 7.13. The lowest BCUT2D eigenvalue weighted by Crippen LogP contribution is -1.85. The maximum Gasteiger partial charge on any atom is 0.186 e. The van der Waals surface area contributed by atoms with Gasteiger partial charge in [-0.05, 0) is 18.2 Å². The molecule has 0 unspecified atom stereocenters. The molecule has 2 aromatic heterocycles. The number of anilines is 1. The van der Waals surface area contributed by atoms with Crippen molar-refractivity contribution in [3.05, 3.63) is 47.9 Å². The average molecular weight is 242 g/mol. The lowest BCUT2D eigenvalue weighted by Gasteiger charge is -1.90. The second kappa shape index (κ2) is 4.39. The predicted octanol–water partition coefficient (Wildman–Crippen LogP) is 3.10. The summed E-state index contributed by atoms with van der Waals surface area (Å²) in [5.74, 6) is 0.829. The fraction of sp³-hybridized carbons (Fsp3) is 0. The van der Waals surface area contributed by atoms with Crippen LogP contribution in [-0.2, 0) is 0 Å². The van der Waals surface area contributed by atoms with E-state index in [0.717, 1.165) is 22.0 Å². The van der Waals surface area contributed by atoms with Crippen LogP contribution in [0, 0.1) is 0 Å². The van der Waals surface area contributed by atoms with Crippen LogP contribution < -0.4 is 5.32 Å². The second-order valence-corrected chi connectivity index (χ2v) is 4.35. The molecule has 0 amide bonds. The van der Waals surface area contributed by atoms with Gasteiger partial charge in [-0.25, -0.2) is 9.97 Å². The Labute approximate surface area is 102 Å². The summed E-state index contributed by atoms with van der Waals surface area (Å²) in [6.45, 7) is 0. The van der Waals surface area contributed by atoms with Gasteiger partial charge >= 0.3 is 0 Å². The van der Waals surface area contributed by atoms with Gasteiger partial charge < -0.3 is 10.3 Å². The number of nitrogens with zero attached hydrogens (tertiary/aromatic N) is 2. The normalized spacial score (nSPS) is 11.3. The number of fused-ring (bicyclic) bond motifs is 1. The van der Waals surface area contributed by atoms with E-state index in [1.807, 2.05) is 41.9 Å². The highest BCUT2D eigenvalue weighted by atomic mass is 32.1. The van der Waals surface area contributed by atoms with Gasteiger partial charge in [0.1, 0.15) is 5.82 Å². The second-order valence-electron chi connectivity index (χ2n) is 3.45. The Bertz CT molecular complexity index is 606. The van der Waals surface area contributed by atoms with Gasteiger partial charge in [-0.1, -0.05) is 12.1 Å². The number of thiazole rings is 1. The van der Waals surface area contributed by atoms with E-state index in [4.69, 9.17) is 0 Å². The fourth-order valence-electron chi connectivity index (χ4n) is 1.54. The third-order valence-electron chi connectivity index (χ3n) is 2.29. The van der Waals surface area contributed by atoms with Gasteiger partial charge in [0.25, 0.3) is 0 Å². The Hall–Kier alpha value is -2.14. The van der Waals surface area contributed by atoms with Crippen LogP contribution in [0.25, 0.3) is 17.1 Å². The number of imidazole rings is 1. The monoisotopic (exact) mass is 242 g/mol. The first-order valence-electron chi connectivity index (χ1n) is 5.19. The third kappa shape index (κ3) is 2.19. The molecule has 2 N–H and O–H groups in total. The van der Waals surface area contributed by atoms with Crippen molar-refractivity contribution in [3.63, 3.8) is 0 Å². The van der Waals surface area contributed by atoms with E-state index in [9.17, 15) is 0 Å². The van der Waals surface area contributed by atoms with Crippen molar-refractivity contribution in [2.24, 2.45) is 0 Å². The van der Waals surface area contributed by atoms with Crippen LogP contribution >= 0.6 is 11.3 Å². The van der Waals surface area contributed by atoms with Crippen LogP contribution in [-0.4, -0.2) is 15.0 Å². The first-order chi connectivity index (χ1) is 8.42. The Morgan fingerprint density at radius 3 is 3.06 bits per heavy atom. The first-order valence-corrected chi connectivity index (χ1v) is 6.07. The van der Waals surface area contributed by atoms with E-state index in [1.54, 1.807) is 17.5 Å². The van der Waals surface area contributed by atoms with Gasteiger partial charge in [-0.2, -0.15) is 0 Å². The van der Waals surface area contributed by atoms with Gasteiger partial charge in [0.2, 0.25) is 0 Å². The highest BCUT2D eigenvalue weighted by Gasteiger charge is 1.97. The lowest BCUT2D eigenvalue weighted by atomic mass is 10.3. The van der Waals surface area contributed by atoms with Crippen molar-refractivity contribution in [3.8, 4) is 0 Å². The summed E-state index contributed by atoms with van der Waals surface area (Å²) in [4.78, 5) is 11.8. The van der Waals surface area contributed by atoms with Crippen molar-refractivity contribution in [2.45, 2.75) is 0 Å². The Morgan fingerprint density at radius 1 is 1.29 bits per heavy atom. The zero-order valence-electron chi connectivity index (χ0n) is 8.92. The largest absolute Gasteiger partial charge is 0.338 e. The summed E-state index contributed by atoms with van der Waals surface area (Å²) in [6, 6.07) is 7.96. The molecule has 2 heterocycles. The van der Waals surface area contributed by atoms with Crippen molar-refractivity contribution < 1.29 is 0 Å². The Morgan fingerprint density at radius 2 is 2.24 bits per heavy atom. The topological polar surface area (TPSA) is 53.6 Å². The molecule has 0 saturated heterocycles. The number of para-hydroxylation sites is 2. The van der Waals surface area contributed by atoms with E-state index in [2.05, 4.69) is 20.3 Å². The average Bonchev–Trinajstić information content (AvgIpc) is 2.96. The van der Waals surface area contributed by atoms with Gasteiger partial charge in [0.05, 0.1) is 11.0 Å². The molecular weight excluding hydrogens is 232 g/mol. The van der Waals surface area contributed by atoms with E-state index in [1.165, 1.54) is 0 Å². The molecular formula is C12H10N4S. The first kappa shape index (κ1) is 10.0. The Kier molecular flexibility index (Phi) is 2.59. The minimum Gasteiger partial charge on any atom is -0.338 e. The summed E-state index contributed by atoms with van der Waals surface area (Å²) in [7, 11) is 0. The standard InChI is InChI=1S/C12H10N4S/c1-2-4-10-9(3-1)15-11(16-10)5-6-13-12-14-7-8-17-12/h1-8H,(H,13,14)(H,15,16). The molecule has 5 heteroatoms. The Balaban J connectivity index is 1.78. The molecule has 0 bridgehead atoms.